The molecule has 21 heavy (non-hydrogen) atoms. The van der Waals surface area contributed by atoms with Crippen LogP contribution in [0.3, 0.4) is 0 Å². The van der Waals surface area contributed by atoms with Gasteiger partial charge in [0, 0.05) is 15.4 Å². The van der Waals surface area contributed by atoms with Crippen molar-refractivity contribution in [1.29, 1.82) is 0 Å². The molecule has 3 aromatic rings. The highest BCUT2D eigenvalue weighted by molar-refractivity contribution is 6.31. The maximum absolute atomic E-state index is 9.95. The van der Waals surface area contributed by atoms with Crippen LogP contribution >= 0.6 is 23.2 Å². The minimum atomic E-state index is -0.0457. The molecule has 0 aliphatic heterocycles. The lowest BCUT2D eigenvalue weighted by molar-refractivity contribution is 0.459. The van der Waals surface area contributed by atoms with Crippen LogP contribution in [0, 0.1) is 6.92 Å². The lowest BCUT2D eigenvalue weighted by atomic mass is 10.2. The first-order valence-corrected chi connectivity index (χ1v) is 6.98. The van der Waals surface area contributed by atoms with Crippen LogP contribution in [0.1, 0.15) is 5.56 Å². The van der Waals surface area contributed by atoms with Gasteiger partial charge in [-0.3, -0.25) is 0 Å². The van der Waals surface area contributed by atoms with E-state index in [-0.39, 0.29) is 5.88 Å². The summed E-state index contributed by atoms with van der Waals surface area (Å²) < 4.78 is 0. The van der Waals surface area contributed by atoms with Gasteiger partial charge in [-0.1, -0.05) is 29.3 Å². The summed E-state index contributed by atoms with van der Waals surface area (Å²) in [6.45, 7) is 1.91. The monoisotopic (exact) mass is 319 g/mol. The molecule has 0 saturated carbocycles. The summed E-state index contributed by atoms with van der Waals surface area (Å²) in [7, 11) is 0. The van der Waals surface area contributed by atoms with Crippen molar-refractivity contribution in [3.05, 3.63) is 52.0 Å². The van der Waals surface area contributed by atoms with E-state index in [4.69, 9.17) is 23.2 Å². The van der Waals surface area contributed by atoms with Crippen LogP contribution in [0.4, 0.5) is 11.4 Å². The molecule has 0 unspecified atom stereocenters. The minimum absolute atomic E-state index is 0.0457. The van der Waals surface area contributed by atoms with Crippen molar-refractivity contribution in [2.24, 2.45) is 10.2 Å². The van der Waals surface area contributed by atoms with Crippen LogP contribution in [0.25, 0.3) is 10.9 Å². The van der Waals surface area contributed by atoms with E-state index in [1.54, 1.807) is 30.3 Å². The Balaban J connectivity index is 2.09. The fourth-order valence-corrected chi connectivity index (χ4v) is 2.37. The number of aryl methyl sites for hydroxylation is 1. The van der Waals surface area contributed by atoms with Gasteiger partial charge in [0.25, 0.3) is 0 Å². The summed E-state index contributed by atoms with van der Waals surface area (Å²) in [6, 6.07) is 10.6. The fourth-order valence-electron chi connectivity index (χ4n) is 2.03. The molecule has 106 valence electrons. The number of halogens is 2. The zero-order chi connectivity index (χ0) is 15.0. The Hall–Kier alpha value is -2.04. The molecular formula is C15H11Cl2N3O. The fraction of sp³-hybridized carbons (Fsp3) is 0.0667. The van der Waals surface area contributed by atoms with Crippen molar-refractivity contribution < 1.29 is 5.11 Å². The Morgan fingerprint density at radius 1 is 1.00 bits per heavy atom. The van der Waals surface area contributed by atoms with E-state index in [0.29, 0.717) is 26.8 Å². The average Bonchev–Trinajstić information content (AvgIpc) is 2.75. The predicted octanol–water partition coefficient (Wildman–Crippen LogP) is 5.90. The second kappa shape index (κ2) is 5.39. The molecule has 0 radical (unpaired) electrons. The summed E-state index contributed by atoms with van der Waals surface area (Å²) in [5.41, 5.74) is 2.69. The van der Waals surface area contributed by atoms with Crippen LogP contribution < -0.4 is 0 Å². The summed E-state index contributed by atoms with van der Waals surface area (Å²) in [4.78, 5) is 2.83. The van der Waals surface area contributed by atoms with Gasteiger partial charge < -0.3 is 10.1 Å². The molecule has 1 heterocycles. The van der Waals surface area contributed by atoms with Crippen molar-refractivity contribution >= 4 is 45.5 Å². The van der Waals surface area contributed by atoms with Gasteiger partial charge in [0.2, 0.25) is 5.88 Å². The van der Waals surface area contributed by atoms with Crippen LogP contribution in [-0.4, -0.2) is 10.1 Å². The Bertz CT molecular complexity index is 855. The Morgan fingerprint density at radius 3 is 2.52 bits per heavy atom. The third kappa shape index (κ3) is 2.73. The molecule has 2 aromatic carbocycles. The largest absolute Gasteiger partial charge is 0.493 e. The van der Waals surface area contributed by atoms with Gasteiger partial charge in [0.05, 0.1) is 11.2 Å². The lowest BCUT2D eigenvalue weighted by Gasteiger charge is -1.99. The van der Waals surface area contributed by atoms with Crippen molar-refractivity contribution in [3.63, 3.8) is 0 Å². The maximum atomic E-state index is 9.95. The van der Waals surface area contributed by atoms with Gasteiger partial charge in [-0.2, -0.15) is 5.11 Å². The molecule has 6 heteroatoms. The van der Waals surface area contributed by atoms with Crippen molar-refractivity contribution in [2.45, 2.75) is 6.92 Å². The van der Waals surface area contributed by atoms with E-state index >= 15 is 0 Å². The smallest absolute Gasteiger partial charge is 0.218 e. The van der Waals surface area contributed by atoms with Gasteiger partial charge in [-0.05, 0) is 42.8 Å². The first-order chi connectivity index (χ1) is 10.0. The standard InChI is InChI=1S/C15H11Cl2N3O/c1-8-2-3-10(17)7-13(8)19-20-14-11-6-9(16)4-5-12(11)18-15(14)21/h2-7,18,21H,1H3. The van der Waals surface area contributed by atoms with E-state index < -0.39 is 0 Å². The van der Waals surface area contributed by atoms with Crippen LogP contribution in [0.15, 0.2) is 46.6 Å². The van der Waals surface area contributed by atoms with Gasteiger partial charge >= 0.3 is 0 Å². The number of benzene rings is 2. The number of aromatic hydroxyl groups is 1. The third-order valence-corrected chi connectivity index (χ3v) is 3.61. The number of fused-ring (bicyclic) bond motifs is 1. The Kier molecular flexibility index (Phi) is 3.57. The average molecular weight is 320 g/mol. The maximum Gasteiger partial charge on any atom is 0.218 e. The number of hydrogen-bond acceptors (Lipinski definition) is 3. The first kappa shape index (κ1) is 13.9. The lowest BCUT2D eigenvalue weighted by Crippen LogP contribution is -1.73. The molecule has 4 nitrogen and oxygen atoms in total. The normalized spacial score (nSPS) is 11.6. The zero-order valence-electron chi connectivity index (χ0n) is 11.1. The molecule has 0 fully saturated rings. The molecule has 0 atom stereocenters. The summed E-state index contributed by atoms with van der Waals surface area (Å²) >= 11 is 11.9. The van der Waals surface area contributed by atoms with Gasteiger partial charge in [0.1, 0.15) is 0 Å². The Labute approximate surface area is 131 Å². The number of aromatic amines is 1. The number of hydrogen-bond donors (Lipinski definition) is 2. The summed E-state index contributed by atoms with van der Waals surface area (Å²) in [5, 5.41) is 20.1. The van der Waals surface area contributed by atoms with Crippen LogP contribution in [0.5, 0.6) is 5.88 Å². The number of nitrogens with zero attached hydrogens (tertiary/aromatic N) is 2. The molecule has 0 saturated heterocycles. The van der Waals surface area contributed by atoms with Crippen LogP contribution in [-0.2, 0) is 0 Å². The molecule has 3 rings (SSSR count). The van der Waals surface area contributed by atoms with E-state index in [0.717, 1.165) is 11.1 Å². The SMILES string of the molecule is Cc1ccc(Cl)cc1N=Nc1c(O)[nH]c2ccc(Cl)cc12. The summed E-state index contributed by atoms with van der Waals surface area (Å²) in [6.07, 6.45) is 0. The molecule has 2 N–H and O–H groups in total. The quantitative estimate of drug-likeness (QED) is 0.567. The van der Waals surface area contributed by atoms with Crippen molar-refractivity contribution in [3.8, 4) is 5.88 Å². The highest BCUT2D eigenvalue weighted by atomic mass is 35.5. The molecule has 0 spiro atoms. The molecule has 0 aliphatic carbocycles. The first-order valence-electron chi connectivity index (χ1n) is 6.22. The van der Waals surface area contributed by atoms with E-state index in [9.17, 15) is 5.11 Å². The number of aromatic nitrogens is 1. The molecule has 0 bridgehead atoms. The molecule has 1 aromatic heterocycles. The van der Waals surface area contributed by atoms with Crippen molar-refractivity contribution in [2.75, 3.05) is 0 Å². The predicted molar refractivity (Wildman–Crippen MR) is 85.3 cm³/mol. The highest BCUT2D eigenvalue weighted by Gasteiger charge is 2.11. The highest BCUT2D eigenvalue weighted by Crippen LogP contribution is 2.38. The molecular weight excluding hydrogens is 309 g/mol. The van der Waals surface area contributed by atoms with E-state index in [2.05, 4.69) is 15.2 Å². The topological polar surface area (TPSA) is 60.7 Å². The van der Waals surface area contributed by atoms with Gasteiger partial charge in [0.15, 0.2) is 5.69 Å². The second-order valence-corrected chi connectivity index (χ2v) is 5.52. The molecule has 0 amide bonds. The third-order valence-electron chi connectivity index (χ3n) is 3.14. The Morgan fingerprint density at radius 2 is 1.71 bits per heavy atom. The number of nitrogens with one attached hydrogen (secondary N) is 1. The van der Waals surface area contributed by atoms with Crippen molar-refractivity contribution in [1.82, 2.24) is 4.98 Å². The summed E-state index contributed by atoms with van der Waals surface area (Å²) in [5.74, 6) is -0.0457. The van der Waals surface area contributed by atoms with Crippen LogP contribution in [0.2, 0.25) is 10.0 Å². The number of azo groups is 1. The number of rotatable bonds is 2. The zero-order valence-corrected chi connectivity index (χ0v) is 12.6. The second-order valence-electron chi connectivity index (χ2n) is 4.64. The molecule has 0 aliphatic rings. The van der Waals surface area contributed by atoms with Gasteiger partial charge in [-0.25, -0.2) is 0 Å². The van der Waals surface area contributed by atoms with E-state index in [1.807, 2.05) is 13.0 Å². The van der Waals surface area contributed by atoms with E-state index in [1.165, 1.54) is 0 Å². The minimum Gasteiger partial charge on any atom is -0.493 e. The number of H-pyrrole nitrogens is 1. The van der Waals surface area contributed by atoms with Gasteiger partial charge in [-0.15, -0.1) is 5.11 Å².